The van der Waals surface area contributed by atoms with Crippen LogP contribution in [0.3, 0.4) is 0 Å². The van der Waals surface area contributed by atoms with Gasteiger partial charge < -0.3 is 14.8 Å². The monoisotopic (exact) mass is 225 g/mol. The molecule has 0 atom stereocenters. The molecule has 0 fully saturated rings. The highest BCUT2D eigenvalue weighted by Gasteiger charge is 2.08. The fourth-order valence-electron chi connectivity index (χ4n) is 2.07. The van der Waals surface area contributed by atoms with E-state index in [9.17, 15) is 0 Å². The van der Waals surface area contributed by atoms with E-state index in [2.05, 4.69) is 4.98 Å². The highest BCUT2D eigenvalue weighted by Crippen LogP contribution is 2.32. The van der Waals surface area contributed by atoms with E-state index in [0.29, 0.717) is 0 Å². The summed E-state index contributed by atoms with van der Waals surface area (Å²) < 4.78 is 5.38. The molecule has 0 unspecified atom stereocenters. The maximum atomic E-state index is 8.65. The Morgan fingerprint density at radius 2 is 1.82 bits per heavy atom. The Labute approximate surface area is 98.0 Å². The van der Waals surface area contributed by atoms with E-state index in [4.69, 9.17) is 9.84 Å². The summed E-state index contributed by atoms with van der Waals surface area (Å²) >= 11 is 0. The molecule has 3 rings (SSSR count). The molecule has 0 saturated heterocycles. The number of aromatic nitrogens is 1. The smallest absolute Gasteiger partial charge is 0.136 e. The molecule has 0 bridgehead atoms. The number of aliphatic hydroxyl groups excluding tert-OH is 1. The van der Waals surface area contributed by atoms with Crippen molar-refractivity contribution in [3.63, 3.8) is 0 Å². The SMILES string of the molecule is O/C=C/Oc1cccc2[nH]c3ccccc3c12. The molecule has 2 aromatic carbocycles. The van der Waals surface area contributed by atoms with E-state index in [-0.39, 0.29) is 0 Å². The van der Waals surface area contributed by atoms with Gasteiger partial charge in [0.05, 0.1) is 5.52 Å². The molecule has 3 heteroatoms. The van der Waals surface area contributed by atoms with Crippen LogP contribution in [0.4, 0.5) is 0 Å². The van der Waals surface area contributed by atoms with E-state index < -0.39 is 0 Å². The Balaban J connectivity index is 2.35. The zero-order chi connectivity index (χ0) is 11.7. The molecule has 0 radical (unpaired) electrons. The Hall–Kier alpha value is -2.42. The van der Waals surface area contributed by atoms with E-state index in [0.717, 1.165) is 33.8 Å². The van der Waals surface area contributed by atoms with Crippen LogP contribution in [0.25, 0.3) is 21.8 Å². The number of rotatable bonds is 2. The van der Waals surface area contributed by atoms with Gasteiger partial charge in [0.1, 0.15) is 18.3 Å². The fourth-order valence-corrected chi connectivity index (χ4v) is 2.07. The molecule has 0 spiro atoms. The maximum absolute atomic E-state index is 8.65. The van der Waals surface area contributed by atoms with Crippen molar-refractivity contribution < 1.29 is 9.84 Å². The highest BCUT2D eigenvalue weighted by molar-refractivity contribution is 6.10. The normalized spacial score (nSPS) is 11.5. The van der Waals surface area contributed by atoms with Crippen LogP contribution in [-0.4, -0.2) is 10.1 Å². The summed E-state index contributed by atoms with van der Waals surface area (Å²) in [5, 5.41) is 10.8. The number of benzene rings is 2. The molecule has 3 aromatic rings. The third-order valence-electron chi connectivity index (χ3n) is 2.75. The average molecular weight is 225 g/mol. The van der Waals surface area contributed by atoms with E-state index in [1.54, 1.807) is 0 Å². The lowest BCUT2D eigenvalue weighted by molar-refractivity contribution is 0.417. The number of hydrogen-bond donors (Lipinski definition) is 2. The van der Waals surface area contributed by atoms with Crippen molar-refractivity contribution in [2.75, 3.05) is 0 Å². The number of aliphatic hydroxyl groups is 1. The van der Waals surface area contributed by atoms with Gasteiger partial charge in [-0.3, -0.25) is 0 Å². The summed E-state index contributed by atoms with van der Waals surface area (Å²) in [5.41, 5.74) is 2.10. The lowest BCUT2D eigenvalue weighted by atomic mass is 10.1. The Morgan fingerprint density at radius 3 is 2.71 bits per heavy atom. The van der Waals surface area contributed by atoms with Crippen LogP contribution < -0.4 is 4.74 Å². The topological polar surface area (TPSA) is 45.2 Å². The van der Waals surface area contributed by atoms with Crippen LogP contribution >= 0.6 is 0 Å². The van der Waals surface area contributed by atoms with Crippen molar-refractivity contribution in [2.45, 2.75) is 0 Å². The Morgan fingerprint density at radius 1 is 1.00 bits per heavy atom. The molecular formula is C14H11NO2. The van der Waals surface area contributed by atoms with Gasteiger partial charge >= 0.3 is 0 Å². The van der Waals surface area contributed by atoms with Gasteiger partial charge in [-0.25, -0.2) is 0 Å². The molecule has 84 valence electrons. The Kier molecular flexibility index (Phi) is 2.22. The number of hydrogen-bond acceptors (Lipinski definition) is 2. The zero-order valence-corrected chi connectivity index (χ0v) is 9.05. The standard InChI is InChI=1S/C14H11NO2/c16-8-9-17-13-7-3-6-12-14(13)10-4-1-2-5-11(10)15-12/h1-9,15-16H/b9-8+. The second-order valence-corrected chi connectivity index (χ2v) is 3.75. The fraction of sp³-hybridized carbons (Fsp3) is 0. The van der Waals surface area contributed by atoms with Crippen LogP contribution in [-0.2, 0) is 0 Å². The van der Waals surface area contributed by atoms with Gasteiger partial charge in [-0.2, -0.15) is 0 Å². The molecule has 0 aliphatic carbocycles. The number of para-hydroxylation sites is 1. The molecule has 3 nitrogen and oxygen atoms in total. The van der Waals surface area contributed by atoms with Crippen LogP contribution in [0.2, 0.25) is 0 Å². The van der Waals surface area contributed by atoms with Crippen LogP contribution in [0.1, 0.15) is 0 Å². The number of fused-ring (bicyclic) bond motifs is 3. The minimum Gasteiger partial charge on any atom is -0.512 e. The first kappa shape index (κ1) is 9.78. The van der Waals surface area contributed by atoms with Crippen molar-refractivity contribution in [1.82, 2.24) is 4.98 Å². The molecule has 17 heavy (non-hydrogen) atoms. The number of aromatic amines is 1. The zero-order valence-electron chi connectivity index (χ0n) is 9.05. The maximum Gasteiger partial charge on any atom is 0.136 e. The van der Waals surface area contributed by atoms with Crippen LogP contribution in [0.5, 0.6) is 5.75 Å². The number of ether oxygens (including phenoxy) is 1. The third kappa shape index (κ3) is 1.52. The summed E-state index contributed by atoms with van der Waals surface area (Å²) in [5.74, 6) is 0.727. The van der Waals surface area contributed by atoms with Gasteiger partial charge in [0, 0.05) is 16.3 Å². The Bertz CT molecular complexity index is 698. The molecule has 0 saturated carbocycles. The first-order chi connectivity index (χ1) is 8.40. The summed E-state index contributed by atoms with van der Waals surface area (Å²) in [6, 6.07) is 13.9. The van der Waals surface area contributed by atoms with Crippen molar-refractivity contribution in [1.29, 1.82) is 0 Å². The predicted octanol–water partition coefficient (Wildman–Crippen LogP) is 3.73. The minimum atomic E-state index is 0.727. The van der Waals surface area contributed by atoms with E-state index in [1.165, 1.54) is 6.26 Å². The number of H-pyrrole nitrogens is 1. The molecule has 0 aliphatic rings. The highest BCUT2D eigenvalue weighted by atomic mass is 16.5. The van der Waals surface area contributed by atoms with Gasteiger partial charge in [-0.1, -0.05) is 24.3 Å². The van der Waals surface area contributed by atoms with Gasteiger partial charge in [-0.05, 0) is 18.2 Å². The molecule has 0 aliphatic heterocycles. The van der Waals surface area contributed by atoms with Crippen LogP contribution in [0, 0.1) is 0 Å². The van der Waals surface area contributed by atoms with E-state index >= 15 is 0 Å². The number of nitrogens with one attached hydrogen (secondary N) is 1. The first-order valence-electron chi connectivity index (χ1n) is 5.35. The molecular weight excluding hydrogens is 214 g/mol. The summed E-state index contributed by atoms with van der Waals surface area (Å²) in [6.07, 6.45) is 2.14. The van der Waals surface area contributed by atoms with Gasteiger partial charge in [0.25, 0.3) is 0 Å². The third-order valence-corrected chi connectivity index (χ3v) is 2.75. The molecule has 1 aromatic heterocycles. The average Bonchev–Trinajstić information content (AvgIpc) is 2.75. The molecule has 0 amide bonds. The summed E-state index contributed by atoms with van der Waals surface area (Å²) in [7, 11) is 0. The van der Waals surface area contributed by atoms with Crippen molar-refractivity contribution >= 4 is 21.8 Å². The lowest BCUT2D eigenvalue weighted by Crippen LogP contribution is -1.82. The van der Waals surface area contributed by atoms with Gasteiger partial charge in [-0.15, -0.1) is 0 Å². The quantitative estimate of drug-likeness (QED) is 0.653. The van der Waals surface area contributed by atoms with Crippen molar-refractivity contribution in [3.8, 4) is 5.75 Å². The van der Waals surface area contributed by atoms with Crippen molar-refractivity contribution in [2.24, 2.45) is 0 Å². The first-order valence-corrected chi connectivity index (χ1v) is 5.35. The molecule has 2 N–H and O–H groups in total. The van der Waals surface area contributed by atoms with Gasteiger partial charge in [0.15, 0.2) is 0 Å². The molecule has 1 heterocycles. The summed E-state index contributed by atoms with van der Waals surface area (Å²) in [4.78, 5) is 3.33. The second kappa shape index (κ2) is 3.87. The summed E-state index contributed by atoms with van der Waals surface area (Å²) in [6.45, 7) is 0. The van der Waals surface area contributed by atoms with Crippen molar-refractivity contribution in [3.05, 3.63) is 55.0 Å². The van der Waals surface area contributed by atoms with Crippen LogP contribution in [0.15, 0.2) is 55.0 Å². The van der Waals surface area contributed by atoms with Gasteiger partial charge in [0.2, 0.25) is 0 Å². The second-order valence-electron chi connectivity index (χ2n) is 3.75. The lowest BCUT2D eigenvalue weighted by Gasteiger charge is -2.01. The largest absolute Gasteiger partial charge is 0.512 e. The minimum absolute atomic E-state index is 0.727. The van der Waals surface area contributed by atoms with E-state index in [1.807, 2.05) is 42.5 Å². The predicted molar refractivity (Wildman–Crippen MR) is 68.2 cm³/mol.